The maximum Gasteiger partial charge on any atom is 0.226 e. The molecule has 1 fully saturated rings. The first-order chi connectivity index (χ1) is 14.2. The van der Waals surface area contributed by atoms with Gasteiger partial charge in [0.15, 0.2) is 0 Å². The molecule has 2 aromatic carbocycles. The van der Waals surface area contributed by atoms with Crippen molar-refractivity contribution in [3.05, 3.63) is 59.7 Å². The summed E-state index contributed by atoms with van der Waals surface area (Å²) in [6.45, 7) is 3.21. The van der Waals surface area contributed by atoms with Gasteiger partial charge < -0.3 is 14.8 Å². The SMILES string of the molecule is COc1ccc([C@@H](CNC(=O)[C@H]2COc3ccccc3C2)N2CCCCC2)cc1. The molecule has 4 rings (SSSR count). The van der Waals surface area contributed by atoms with Crippen molar-refractivity contribution in [1.29, 1.82) is 0 Å². The van der Waals surface area contributed by atoms with E-state index < -0.39 is 0 Å². The second-order valence-corrected chi connectivity index (χ2v) is 7.95. The van der Waals surface area contributed by atoms with Crippen LogP contribution in [0.25, 0.3) is 0 Å². The number of benzene rings is 2. The smallest absolute Gasteiger partial charge is 0.226 e. The molecule has 2 aliphatic rings. The van der Waals surface area contributed by atoms with Crippen LogP contribution in [0.1, 0.15) is 36.4 Å². The lowest BCUT2D eigenvalue weighted by atomic mass is 9.95. The van der Waals surface area contributed by atoms with Crippen molar-refractivity contribution >= 4 is 5.91 Å². The van der Waals surface area contributed by atoms with Crippen LogP contribution in [0, 0.1) is 5.92 Å². The van der Waals surface area contributed by atoms with Crippen molar-refractivity contribution < 1.29 is 14.3 Å². The van der Waals surface area contributed by atoms with Crippen LogP contribution in [-0.4, -0.2) is 44.2 Å². The average molecular weight is 395 g/mol. The van der Waals surface area contributed by atoms with Gasteiger partial charge in [0.1, 0.15) is 18.1 Å². The van der Waals surface area contributed by atoms with E-state index >= 15 is 0 Å². The summed E-state index contributed by atoms with van der Waals surface area (Å²) in [7, 11) is 1.68. The minimum absolute atomic E-state index is 0.0787. The lowest BCUT2D eigenvalue weighted by Crippen LogP contribution is -2.44. The number of fused-ring (bicyclic) bond motifs is 1. The predicted molar refractivity (Wildman–Crippen MR) is 113 cm³/mol. The zero-order valence-electron chi connectivity index (χ0n) is 17.1. The molecule has 2 heterocycles. The first-order valence-electron chi connectivity index (χ1n) is 10.6. The molecular formula is C24H30N2O3. The Hall–Kier alpha value is -2.53. The molecule has 2 aliphatic heterocycles. The van der Waals surface area contributed by atoms with E-state index in [1.807, 2.05) is 36.4 Å². The van der Waals surface area contributed by atoms with Gasteiger partial charge in [-0.15, -0.1) is 0 Å². The van der Waals surface area contributed by atoms with Crippen LogP contribution in [0.4, 0.5) is 0 Å². The number of nitrogens with zero attached hydrogens (tertiary/aromatic N) is 1. The zero-order chi connectivity index (χ0) is 20.1. The summed E-state index contributed by atoms with van der Waals surface area (Å²) in [6.07, 6.45) is 4.46. The molecule has 1 amide bonds. The van der Waals surface area contributed by atoms with Gasteiger partial charge in [0.2, 0.25) is 5.91 Å². The van der Waals surface area contributed by atoms with Crippen molar-refractivity contribution in [1.82, 2.24) is 10.2 Å². The normalized spacial score (nSPS) is 20.2. The Labute approximate surface area is 173 Å². The summed E-state index contributed by atoms with van der Waals surface area (Å²) in [5, 5.41) is 3.22. The molecule has 2 aromatic rings. The van der Waals surface area contributed by atoms with Gasteiger partial charge in [-0.25, -0.2) is 0 Å². The predicted octanol–water partition coefficient (Wildman–Crippen LogP) is 3.59. The number of ether oxygens (including phenoxy) is 2. The fourth-order valence-corrected chi connectivity index (χ4v) is 4.35. The zero-order valence-corrected chi connectivity index (χ0v) is 17.1. The van der Waals surface area contributed by atoms with E-state index in [4.69, 9.17) is 9.47 Å². The number of methoxy groups -OCH3 is 1. The summed E-state index contributed by atoms with van der Waals surface area (Å²) >= 11 is 0. The minimum Gasteiger partial charge on any atom is -0.497 e. The summed E-state index contributed by atoms with van der Waals surface area (Å²) in [6, 6.07) is 16.4. The van der Waals surface area contributed by atoms with Crippen LogP contribution >= 0.6 is 0 Å². The van der Waals surface area contributed by atoms with E-state index in [9.17, 15) is 4.79 Å². The molecule has 2 atom stereocenters. The number of amides is 1. The average Bonchev–Trinajstić information content (AvgIpc) is 2.80. The highest BCUT2D eigenvalue weighted by Crippen LogP contribution is 2.28. The third-order valence-corrected chi connectivity index (χ3v) is 6.05. The highest BCUT2D eigenvalue weighted by Gasteiger charge is 2.28. The van der Waals surface area contributed by atoms with Crippen LogP contribution in [0.5, 0.6) is 11.5 Å². The number of para-hydroxylation sites is 1. The number of nitrogens with one attached hydrogen (secondary N) is 1. The number of hydrogen-bond acceptors (Lipinski definition) is 4. The number of carbonyl (C=O) groups excluding carboxylic acids is 1. The van der Waals surface area contributed by atoms with Crippen LogP contribution in [0.3, 0.4) is 0 Å². The molecule has 0 radical (unpaired) electrons. The standard InChI is InChI=1S/C24H30N2O3/c1-28-21-11-9-18(10-12-21)22(26-13-5-2-6-14-26)16-25-24(27)20-15-19-7-3-4-8-23(19)29-17-20/h3-4,7-12,20,22H,2,5-6,13-17H2,1H3,(H,25,27)/t20-,22-/m1/s1. The molecule has 0 aromatic heterocycles. The van der Waals surface area contributed by atoms with Crippen LogP contribution < -0.4 is 14.8 Å². The molecule has 0 bridgehead atoms. The molecule has 0 spiro atoms. The molecule has 1 saturated heterocycles. The Kier molecular flexibility index (Phi) is 6.35. The van der Waals surface area contributed by atoms with E-state index in [0.29, 0.717) is 13.2 Å². The highest BCUT2D eigenvalue weighted by atomic mass is 16.5. The largest absolute Gasteiger partial charge is 0.497 e. The summed E-state index contributed by atoms with van der Waals surface area (Å²) < 4.78 is 11.1. The summed E-state index contributed by atoms with van der Waals surface area (Å²) in [5.74, 6) is 1.70. The van der Waals surface area contributed by atoms with Crippen LogP contribution in [0.15, 0.2) is 48.5 Å². The molecule has 29 heavy (non-hydrogen) atoms. The maximum absolute atomic E-state index is 12.9. The third-order valence-electron chi connectivity index (χ3n) is 6.05. The van der Waals surface area contributed by atoms with E-state index in [2.05, 4.69) is 22.3 Å². The number of carbonyl (C=O) groups is 1. The highest BCUT2D eigenvalue weighted by molar-refractivity contribution is 5.79. The maximum atomic E-state index is 12.9. The lowest BCUT2D eigenvalue weighted by molar-refractivity contribution is -0.126. The van der Waals surface area contributed by atoms with Gasteiger partial charge in [0.25, 0.3) is 0 Å². The van der Waals surface area contributed by atoms with Gasteiger partial charge in [-0.05, 0) is 61.7 Å². The number of piperidine rings is 1. The Morgan fingerprint density at radius 1 is 1.14 bits per heavy atom. The molecular weight excluding hydrogens is 364 g/mol. The van der Waals surface area contributed by atoms with Crippen molar-refractivity contribution in [2.45, 2.75) is 31.7 Å². The fraction of sp³-hybridized carbons (Fsp3) is 0.458. The molecule has 5 heteroatoms. The Balaban J connectivity index is 1.42. The van der Waals surface area contributed by atoms with Crippen molar-refractivity contribution in [2.24, 2.45) is 5.92 Å². The van der Waals surface area contributed by atoms with E-state index in [-0.39, 0.29) is 17.9 Å². The molecule has 0 aliphatic carbocycles. The van der Waals surface area contributed by atoms with Gasteiger partial charge in [0, 0.05) is 6.54 Å². The number of hydrogen-bond donors (Lipinski definition) is 1. The van der Waals surface area contributed by atoms with Gasteiger partial charge in [-0.2, -0.15) is 0 Å². The quantitative estimate of drug-likeness (QED) is 0.814. The second kappa shape index (κ2) is 9.31. The molecule has 1 N–H and O–H groups in total. The summed E-state index contributed by atoms with van der Waals surface area (Å²) in [4.78, 5) is 15.4. The van der Waals surface area contributed by atoms with E-state index in [1.165, 1.54) is 24.8 Å². The monoisotopic (exact) mass is 394 g/mol. The van der Waals surface area contributed by atoms with Crippen molar-refractivity contribution in [2.75, 3.05) is 33.4 Å². The topological polar surface area (TPSA) is 50.8 Å². The van der Waals surface area contributed by atoms with Gasteiger partial charge >= 0.3 is 0 Å². The Morgan fingerprint density at radius 3 is 2.66 bits per heavy atom. The number of likely N-dealkylation sites (tertiary alicyclic amines) is 1. The molecule has 0 unspecified atom stereocenters. The number of rotatable bonds is 6. The van der Waals surface area contributed by atoms with Gasteiger partial charge in [0.05, 0.1) is 19.1 Å². The lowest BCUT2D eigenvalue weighted by Gasteiger charge is -2.35. The molecule has 0 saturated carbocycles. The minimum atomic E-state index is -0.136. The van der Waals surface area contributed by atoms with E-state index in [1.54, 1.807) is 7.11 Å². The first-order valence-corrected chi connectivity index (χ1v) is 10.6. The third kappa shape index (κ3) is 4.73. The Morgan fingerprint density at radius 2 is 1.90 bits per heavy atom. The van der Waals surface area contributed by atoms with Gasteiger partial charge in [-0.3, -0.25) is 9.69 Å². The van der Waals surface area contributed by atoms with Gasteiger partial charge in [-0.1, -0.05) is 36.8 Å². The summed E-state index contributed by atoms with van der Waals surface area (Å²) in [5.41, 5.74) is 2.33. The Bertz CT molecular complexity index is 815. The fourth-order valence-electron chi connectivity index (χ4n) is 4.35. The second-order valence-electron chi connectivity index (χ2n) is 7.95. The van der Waals surface area contributed by atoms with Crippen molar-refractivity contribution in [3.8, 4) is 11.5 Å². The first kappa shape index (κ1) is 19.8. The molecule has 154 valence electrons. The van der Waals surface area contributed by atoms with Crippen LogP contribution in [-0.2, 0) is 11.2 Å². The van der Waals surface area contributed by atoms with Crippen molar-refractivity contribution in [3.63, 3.8) is 0 Å². The molecule has 5 nitrogen and oxygen atoms in total. The van der Waals surface area contributed by atoms with E-state index in [0.717, 1.165) is 36.6 Å². The van der Waals surface area contributed by atoms with Crippen LogP contribution in [0.2, 0.25) is 0 Å².